The fourth-order valence-corrected chi connectivity index (χ4v) is 2.30. The van der Waals surface area contributed by atoms with Gasteiger partial charge in [0.05, 0.1) is 0 Å². The summed E-state index contributed by atoms with van der Waals surface area (Å²) in [6.45, 7) is 8.64. The van der Waals surface area contributed by atoms with Crippen LogP contribution in [0.3, 0.4) is 0 Å². The van der Waals surface area contributed by atoms with Crippen LogP contribution in [0.4, 0.5) is 5.69 Å². The summed E-state index contributed by atoms with van der Waals surface area (Å²) in [5.74, 6) is 0. The average Bonchev–Trinajstić information content (AvgIpc) is 2.38. The molecule has 0 bridgehead atoms. The van der Waals surface area contributed by atoms with Crippen molar-refractivity contribution in [2.45, 2.75) is 46.2 Å². The van der Waals surface area contributed by atoms with E-state index in [0.29, 0.717) is 6.04 Å². The number of para-hydroxylation sites is 1. The topological polar surface area (TPSA) is 15.3 Å². The first kappa shape index (κ1) is 14.0. The number of rotatable bonds is 7. The maximum Gasteiger partial charge on any atom is 0.0411 e. The van der Waals surface area contributed by atoms with Gasteiger partial charge in [0.15, 0.2) is 0 Å². The van der Waals surface area contributed by atoms with Crippen molar-refractivity contribution in [2.75, 3.05) is 18.5 Å². The van der Waals surface area contributed by atoms with Gasteiger partial charge in [-0.1, -0.05) is 39.0 Å². The molecule has 0 heterocycles. The summed E-state index contributed by atoms with van der Waals surface area (Å²) < 4.78 is 0. The van der Waals surface area contributed by atoms with Gasteiger partial charge in [0.1, 0.15) is 0 Å². The van der Waals surface area contributed by atoms with Gasteiger partial charge in [0, 0.05) is 25.3 Å². The molecule has 1 aromatic rings. The number of nitrogens with zero attached hydrogens (tertiary/aromatic N) is 1. The van der Waals surface area contributed by atoms with Gasteiger partial charge in [0.2, 0.25) is 0 Å². The van der Waals surface area contributed by atoms with E-state index in [2.05, 4.69) is 62.3 Å². The molecule has 0 radical (unpaired) electrons. The molecule has 0 spiro atoms. The average molecular weight is 234 g/mol. The normalized spacial score (nSPS) is 10.9. The molecule has 0 saturated carbocycles. The monoisotopic (exact) mass is 234 g/mol. The van der Waals surface area contributed by atoms with Crippen LogP contribution >= 0.6 is 0 Å². The van der Waals surface area contributed by atoms with Crippen molar-refractivity contribution in [3.8, 4) is 0 Å². The Morgan fingerprint density at radius 3 is 2.35 bits per heavy atom. The van der Waals surface area contributed by atoms with E-state index in [9.17, 15) is 0 Å². The van der Waals surface area contributed by atoms with Gasteiger partial charge in [-0.2, -0.15) is 0 Å². The fraction of sp³-hybridized carbons (Fsp3) is 0.600. The van der Waals surface area contributed by atoms with Gasteiger partial charge in [-0.05, 0) is 31.0 Å². The standard InChI is InChI=1S/C15H26N2/c1-5-14(6-2)17(4)15-11-9-8-10-13(15)12-16-7-3/h8-11,14,16H,5-7,12H2,1-4H3. The zero-order valence-electron chi connectivity index (χ0n) is 11.7. The molecule has 96 valence electrons. The molecule has 0 atom stereocenters. The van der Waals surface area contributed by atoms with Crippen LogP contribution < -0.4 is 10.2 Å². The van der Waals surface area contributed by atoms with E-state index in [-0.39, 0.29) is 0 Å². The summed E-state index contributed by atoms with van der Waals surface area (Å²) in [5, 5.41) is 3.41. The Morgan fingerprint density at radius 1 is 1.12 bits per heavy atom. The van der Waals surface area contributed by atoms with E-state index in [1.165, 1.54) is 24.1 Å². The van der Waals surface area contributed by atoms with Crippen LogP contribution in [0.2, 0.25) is 0 Å². The van der Waals surface area contributed by atoms with Gasteiger partial charge in [0.25, 0.3) is 0 Å². The Balaban J connectivity index is 2.87. The molecule has 17 heavy (non-hydrogen) atoms. The molecular weight excluding hydrogens is 208 g/mol. The van der Waals surface area contributed by atoms with Gasteiger partial charge in [-0.3, -0.25) is 0 Å². The molecule has 0 aliphatic carbocycles. The molecule has 0 saturated heterocycles. The van der Waals surface area contributed by atoms with Gasteiger partial charge < -0.3 is 10.2 Å². The van der Waals surface area contributed by atoms with Crippen LogP contribution in [0.15, 0.2) is 24.3 Å². The lowest BCUT2D eigenvalue weighted by molar-refractivity contribution is 0.588. The predicted octanol–water partition coefficient (Wildman–Crippen LogP) is 3.42. The number of nitrogens with one attached hydrogen (secondary N) is 1. The van der Waals surface area contributed by atoms with Crippen molar-refractivity contribution >= 4 is 5.69 Å². The van der Waals surface area contributed by atoms with Crippen molar-refractivity contribution in [2.24, 2.45) is 0 Å². The molecule has 0 aliphatic heterocycles. The highest BCUT2D eigenvalue weighted by atomic mass is 15.1. The minimum absolute atomic E-state index is 0.637. The van der Waals surface area contributed by atoms with E-state index in [0.717, 1.165) is 13.1 Å². The van der Waals surface area contributed by atoms with E-state index >= 15 is 0 Å². The van der Waals surface area contributed by atoms with Crippen LogP contribution in [-0.4, -0.2) is 19.6 Å². The largest absolute Gasteiger partial charge is 0.371 e. The Bertz CT molecular complexity index is 318. The second kappa shape index (κ2) is 7.33. The van der Waals surface area contributed by atoms with Crippen molar-refractivity contribution < 1.29 is 0 Å². The summed E-state index contributed by atoms with van der Waals surface area (Å²) in [4.78, 5) is 2.42. The zero-order valence-corrected chi connectivity index (χ0v) is 11.7. The quantitative estimate of drug-likeness (QED) is 0.777. The molecule has 2 heteroatoms. The van der Waals surface area contributed by atoms with E-state index < -0.39 is 0 Å². The molecule has 1 aromatic carbocycles. The second-order valence-corrected chi connectivity index (χ2v) is 4.49. The summed E-state index contributed by atoms with van der Waals surface area (Å²) in [5.41, 5.74) is 2.76. The summed E-state index contributed by atoms with van der Waals surface area (Å²) >= 11 is 0. The van der Waals surface area contributed by atoms with Crippen molar-refractivity contribution in [1.29, 1.82) is 0 Å². The lowest BCUT2D eigenvalue weighted by atomic mass is 10.1. The number of hydrogen-bond acceptors (Lipinski definition) is 2. The lowest BCUT2D eigenvalue weighted by Crippen LogP contribution is -2.31. The fourth-order valence-electron chi connectivity index (χ4n) is 2.30. The van der Waals surface area contributed by atoms with Crippen LogP contribution in [0.1, 0.15) is 39.2 Å². The van der Waals surface area contributed by atoms with Crippen LogP contribution in [-0.2, 0) is 6.54 Å². The van der Waals surface area contributed by atoms with Gasteiger partial charge >= 0.3 is 0 Å². The smallest absolute Gasteiger partial charge is 0.0411 e. The number of benzene rings is 1. The van der Waals surface area contributed by atoms with Gasteiger partial charge in [-0.25, -0.2) is 0 Å². The molecule has 1 rings (SSSR count). The maximum atomic E-state index is 3.41. The maximum absolute atomic E-state index is 3.41. The molecule has 0 unspecified atom stereocenters. The van der Waals surface area contributed by atoms with E-state index in [1.54, 1.807) is 0 Å². The first-order chi connectivity index (χ1) is 8.24. The molecule has 1 N–H and O–H groups in total. The number of anilines is 1. The molecule has 0 aliphatic rings. The van der Waals surface area contributed by atoms with E-state index in [1.807, 2.05) is 0 Å². The van der Waals surface area contributed by atoms with Gasteiger partial charge in [-0.15, -0.1) is 0 Å². The first-order valence-corrected chi connectivity index (χ1v) is 6.75. The Labute approximate surface area is 106 Å². The van der Waals surface area contributed by atoms with E-state index in [4.69, 9.17) is 0 Å². The zero-order chi connectivity index (χ0) is 12.7. The van der Waals surface area contributed by atoms with Crippen LogP contribution in [0, 0.1) is 0 Å². The first-order valence-electron chi connectivity index (χ1n) is 6.75. The summed E-state index contributed by atoms with van der Waals surface area (Å²) in [6.07, 6.45) is 2.39. The van der Waals surface area contributed by atoms with Crippen molar-refractivity contribution in [3.63, 3.8) is 0 Å². The third kappa shape index (κ3) is 3.74. The van der Waals surface area contributed by atoms with Crippen molar-refractivity contribution in [1.82, 2.24) is 5.32 Å². The lowest BCUT2D eigenvalue weighted by Gasteiger charge is -2.30. The Kier molecular flexibility index (Phi) is 6.06. The molecule has 2 nitrogen and oxygen atoms in total. The third-order valence-electron chi connectivity index (χ3n) is 3.43. The Morgan fingerprint density at radius 2 is 1.76 bits per heavy atom. The molecule has 0 fully saturated rings. The minimum Gasteiger partial charge on any atom is -0.371 e. The summed E-state index contributed by atoms with van der Waals surface area (Å²) in [6, 6.07) is 9.33. The number of hydrogen-bond donors (Lipinski definition) is 1. The van der Waals surface area contributed by atoms with Crippen LogP contribution in [0.5, 0.6) is 0 Å². The third-order valence-corrected chi connectivity index (χ3v) is 3.43. The molecule has 0 aromatic heterocycles. The molecular formula is C15H26N2. The summed E-state index contributed by atoms with van der Waals surface area (Å²) in [7, 11) is 2.21. The highest BCUT2D eigenvalue weighted by Gasteiger charge is 2.13. The predicted molar refractivity (Wildman–Crippen MR) is 76.6 cm³/mol. The Hall–Kier alpha value is -1.02. The highest BCUT2D eigenvalue weighted by molar-refractivity contribution is 5.53. The SMILES string of the molecule is CCNCc1ccccc1N(C)C(CC)CC. The van der Waals surface area contributed by atoms with Crippen LogP contribution in [0.25, 0.3) is 0 Å². The highest BCUT2D eigenvalue weighted by Crippen LogP contribution is 2.23. The molecule has 0 amide bonds. The van der Waals surface area contributed by atoms with Crippen molar-refractivity contribution in [3.05, 3.63) is 29.8 Å². The second-order valence-electron chi connectivity index (χ2n) is 4.49. The minimum atomic E-state index is 0.637.